The number of carbonyl (C=O) groups is 3. The van der Waals surface area contributed by atoms with Crippen molar-refractivity contribution in [2.75, 3.05) is 12.4 Å². The Morgan fingerprint density at radius 2 is 1.75 bits per heavy atom. The molecule has 0 fully saturated rings. The number of ether oxygens (including phenoxy) is 1. The fraction of sp³-hybridized carbons (Fsp3) is 0.125. The third kappa shape index (κ3) is 4.05. The lowest BCUT2D eigenvalue weighted by Crippen LogP contribution is -2.44. The predicted molar refractivity (Wildman–Crippen MR) is 127 cm³/mol. The van der Waals surface area contributed by atoms with E-state index in [4.69, 9.17) is 4.74 Å². The van der Waals surface area contributed by atoms with Crippen molar-refractivity contribution >= 4 is 46.1 Å². The number of methoxy groups -OCH3 is 1. The van der Waals surface area contributed by atoms with Gasteiger partial charge in [-0.1, -0.05) is 42.5 Å². The Morgan fingerprint density at radius 3 is 2.38 bits per heavy atom. The smallest absolute Gasteiger partial charge is 0.331 e. The number of carboxylic acid groups (broad SMARTS) is 1. The molecule has 0 aromatic heterocycles. The Morgan fingerprint density at radius 1 is 1.06 bits per heavy atom. The van der Waals surface area contributed by atoms with Crippen LogP contribution in [0, 0.1) is 3.57 Å². The minimum atomic E-state index is -1.37. The van der Waals surface area contributed by atoms with Gasteiger partial charge in [0.2, 0.25) is 0 Å². The monoisotopic (exact) mass is 542 g/mol. The van der Waals surface area contributed by atoms with Crippen LogP contribution < -0.4 is 10.1 Å². The summed E-state index contributed by atoms with van der Waals surface area (Å²) in [5, 5.41) is 13.0. The molecule has 0 saturated heterocycles. The van der Waals surface area contributed by atoms with E-state index in [0.717, 1.165) is 8.47 Å². The van der Waals surface area contributed by atoms with Gasteiger partial charge in [-0.2, -0.15) is 0 Å². The van der Waals surface area contributed by atoms with E-state index in [2.05, 4.69) is 27.9 Å². The lowest BCUT2D eigenvalue weighted by Gasteiger charge is -2.34. The molecule has 1 aliphatic rings. The van der Waals surface area contributed by atoms with Gasteiger partial charge in [-0.3, -0.25) is 9.59 Å². The van der Waals surface area contributed by atoms with Crippen LogP contribution in [0.4, 0.5) is 5.69 Å². The summed E-state index contributed by atoms with van der Waals surface area (Å²) in [6.45, 7) is 0. The summed E-state index contributed by atoms with van der Waals surface area (Å²) < 4.78 is 5.99. The molecule has 2 atom stereocenters. The molecule has 3 aromatic carbocycles. The summed E-state index contributed by atoms with van der Waals surface area (Å²) in [6, 6.07) is 17.6. The number of amides is 2. The Hall–Kier alpha value is -3.40. The molecule has 3 aromatic rings. The third-order valence-electron chi connectivity index (χ3n) is 5.29. The first kappa shape index (κ1) is 21.8. The molecule has 1 heterocycles. The number of aliphatic carboxylic acids is 1. The van der Waals surface area contributed by atoms with E-state index in [1.54, 1.807) is 72.8 Å². The van der Waals surface area contributed by atoms with Gasteiger partial charge in [0.1, 0.15) is 11.8 Å². The van der Waals surface area contributed by atoms with E-state index in [1.165, 1.54) is 7.11 Å². The number of hydrogen-bond acceptors (Lipinski definition) is 4. The standard InChI is InChI=1S/C24H19IN2O5/c1-32-17-10-7-15(8-11-17)20-22(28)26-19-12-9-16(25)13-18(19)23(29)27(20)21(24(30)31)14-5-3-2-4-6-14/h2-13,20-21H,1H3,(H,26,28)(H,30,31). The number of carbonyl (C=O) groups excluding carboxylic acids is 2. The van der Waals surface area contributed by atoms with Gasteiger partial charge in [-0.15, -0.1) is 0 Å². The molecule has 162 valence electrons. The van der Waals surface area contributed by atoms with Crippen LogP contribution >= 0.6 is 22.6 Å². The zero-order valence-electron chi connectivity index (χ0n) is 17.0. The number of nitrogens with one attached hydrogen (secondary N) is 1. The summed E-state index contributed by atoms with van der Waals surface area (Å²) in [5.41, 5.74) is 1.46. The van der Waals surface area contributed by atoms with Crippen molar-refractivity contribution in [2.45, 2.75) is 12.1 Å². The minimum Gasteiger partial charge on any atom is -0.497 e. The first-order chi connectivity index (χ1) is 15.4. The van der Waals surface area contributed by atoms with Crippen LogP contribution in [0.25, 0.3) is 0 Å². The summed E-state index contributed by atoms with van der Waals surface area (Å²) in [5.74, 6) is -1.69. The van der Waals surface area contributed by atoms with Gasteiger partial charge in [0.15, 0.2) is 6.04 Å². The van der Waals surface area contributed by atoms with Crippen LogP contribution in [0.15, 0.2) is 72.8 Å². The molecular weight excluding hydrogens is 523 g/mol. The zero-order chi connectivity index (χ0) is 22.8. The maximum absolute atomic E-state index is 13.8. The highest BCUT2D eigenvalue weighted by Crippen LogP contribution is 2.38. The van der Waals surface area contributed by atoms with E-state index in [-0.39, 0.29) is 5.56 Å². The fourth-order valence-electron chi connectivity index (χ4n) is 3.81. The molecule has 2 N–H and O–H groups in total. The number of rotatable bonds is 5. The number of fused-ring (bicyclic) bond motifs is 1. The van der Waals surface area contributed by atoms with Crippen LogP contribution in [0.5, 0.6) is 5.75 Å². The molecule has 2 unspecified atom stereocenters. The normalized spacial score (nSPS) is 16.6. The number of anilines is 1. The van der Waals surface area contributed by atoms with Crippen molar-refractivity contribution < 1.29 is 24.2 Å². The van der Waals surface area contributed by atoms with Crippen molar-refractivity contribution in [3.8, 4) is 5.75 Å². The van der Waals surface area contributed by atoms with Crippen LogP contribution in [-0.4, -0.2) is 34.9 Å². The first-order valence-electron chi connectivity index (χ1n) is 9.75. The molecule has 7 nitrogen and oxygen atoms in total. The predicted octanol–water partition coefficient (Wildman–Crippen LogP) is 4.26. The van der Waals surface area contributed by atoms with E-state index < -0.39 is 29.9 Å². The average Bonchev–Trinajstić information content (AvgIpc) is 2.89. The molecule has 0 aliphatic carbocycles. The van der Waals surface area contributed by atoms with Gasteiger partial charge in [-0.05, 0) is 64.0 Å². The highest BCUT2D eigenvalue weighted by atomic mass is 127. The maximum Gasteiger partial charge on any atom is 0.331 e. The van der Waals surface area contributed by atoms with Crippen LogP contribution in [-0.2, 0) is 9.59 Å². The highest BCUT2D eigenvalue weighted by Gasteiger charge is 2.43. The van der Waals surface area contributed by atoms with Gasteiger partial charge in [0, 0.05) is 3.57 Å². The summed E-state index contributed by atoms with van der Waals surface area (Å²) >= 11 is 2.07. The fourth-order valence-corrected chi connectivity index (χ4v) is 4.30. The second-order valence-corrected chi connectivity index (χ2v) is 8.46. The van der Waals surface area contributed by atoms with Crippen molar-refractivity contribution in [3.05, 3.63) is 93.1 Å². The second kappa shape index (κ2) is 8.99. The van der Waals surface area contributed by atoms with Gasteiger partial charge < -0.3 is 20.1 Å². The minimum absolute atomic E-state index is 0.239. The van der Waals surface area contributed by atoms with Gasteiger partial charge in [0.25, 0.3) is 11.8 Å². The zero-order valence-corrected chi connectivity index (χ0v) is 19.1. The van der Waals surface area contributed by atoms with E-state index in [1.807, 2.05) is 0 Å². The van der Waals surface area contributed by atoms with Gasteiger partial charge >= 0.3 is 5.97 Å². The number of benzene rings is 3. The van der Waals surface area contributed by atoms with E-state index in [9.17, 15) is 19.5 Å². The molecule has 0 radical (unpaired) electrons. The number of halogens is 1. The lowest BCUT2D eigenvalue weighted by molar-refractivity contribution is -0.144. The topological polar surface area (TPSA) is 95.9 Å². The largest absolute Gasteiger partial charge is 0.497 e. The number of nitrogens with zero attached hydrogens (tertiary/aromatic N) is 1. The first-order valence-corrected chi connectivity index (χ1v) is 10.8. The van der Waals surface area contributed by atoms with Crippen LogP contribution in [0.1, 0.15) is 33.6 Å². The van der Waals surface area contributed by atoms with Crippen LogP contribution in [0.2, 0.25) is 0 Å². The molecule has 0 spiro atoms. The van der Waals surface area contributed by atoms with Gasteiger partial charge in [-0.25, -0.2) is 4.79 Å². The molecule has 1 aliphatic heterocycles. The summed E-state index contributed by atoms with van der Waals surface area (Å²) in [7, 11) is 1.53. The second-order valence-electron chi connectivity index (χ2n) is 7.22. The summed E-state index contributed by atoms with van der Waals surface area (Å²) in [6.07, 6.45) is 0. The quantitative estimate of drug-likeness (QED) is 0.470. The molecule has 8 heteroatoms. The lowest BCUT2D eigenvalue weighted by atomic mass is 9.97. The SMILES string of the molecule is COc1ccc(C2C(=O)Nc3ccc(I)cc3C(=O)N2C(C(=O)O)c2ccccc2)cc1. The van der Waals surface area contributed by atoms with Crippen molar-refractivity contribution in [3.63, 3.8) is 0 Å². The molecule has 2 amide bonds. The maximum atomic E-state index is 13.8. The van der Waals surface area contributed by atoms with E-state index >= 15 is 0 Å². The van der Waals surface area contributed by atoms with Crippen molar-refractivity contribution in [1.82, 2.24) is 4.90 Å². The Labute approximate surface area is 198 Å². The van der Waals surface area contributed by atoms with Gasteiger partial charge in [0.05, 0.1) is 18.4 Å². The van der Waals surface area contributed by atoms with E-state index in [0.29, 0.717) is 22.6 Å². The Bertz CT molecular complexity index is 1180. The van der Waals surface area contributed by atoms with Crippen molar-refractivity contribution in [1.29, 1.82) is 0 Å². The molecule has 4 rings (SSSR count). The highest BCUT2D eigenvalue weighted by molar-refractivity contribution is 14.1. The average molecular weight is 542 g/mol. The van der Waals surface area contributed by atoms with Crippen LogP contribution in [0.3, 0.4) is 0 Å². The van der Waals surface area contributed by atoms with Crippen molar-refractivity contribution in [2.24, 2.45) is 0 Å². The Kier molecular flexibility index (Phi) is 6.13. The Balaban J connectivity index is 1.94. The number of hydrogen-bond donors (Lipinski definition) is 2. The molecule has 0 saturated carbocycles. The summed E-state index contributed by atoms with van der Waals surface area (Å²) in [4.78, 5) is 40.8. The number of carboxylic acids is 1. The molecule has 32 heavy (non-hydrogen) atoms. The third-order valence-corrected chi connectivity index (χ3v) is 5.96. The molecular formula is C24H19IN2O5. The molecule has 0 bridgehead atoms.